The smallest absolute Gasteiger partial charge is 0.226 e. The number of fused-ring (bicyclic) bond motifs is 1. The third-order valence-corrected chi connectivity index (χ3v) is 6.01. The Morgan fingerprint density at radius 2 is 2.17 bits per heavy atom. The number of hydrogen-bond acceptors (Lipinski definition) is 5. The lowest BCUT2D eigenvalue weighted by Gasteiger charge is -2.27. The van der Waals surface area contributed by atoms with Gasteiger partial charge in [0.2, 0.25) is 11.8 Å². The molecule has 1 aliphatic heterocycles. The lowest BCUT2D eigenvalue weighted by molar-refractivity contribution is -0.133. The van der Waals surface area contributed by atoms with E-state index in [0.717, 1.165) is 23.5 Å². The van der Waals surface area contributed by atoms with Crippen LogP contribution in [0.3, 0.4) is 0 Å². The number of aromatic nitrogens is 1. The van der Waals surface area contributed by atoms with E-state index in [1.54, 1.807) is 11.3 Å². The number of nitrogens with zero attached hydrogens (tertiary/aromatic N) is 2. The van der Waals surface area contributed by atoms with Gasteiger partial charge in [0.05, 0.1) is 5.69 Å². The Labute approximate surface area is 143 Å². The van der Waals surface area contributed by atoms with Crippen molar-refractivity contribution in [1.29, 1.82) is 0 Å². The Morgan fingerprint density at radius 3 is 2.91 bits per heavy atom. The maximum absolute atomic E-state index is 12.3. The quantitative estimate of drug-likeness (QED) is 0.922. The molecule has 0 aromatic carbocycles. The molecular weight excluding hydrogens is 330 g/mol. The van der Waals surface area contributed by atoms with E-state index in [1.807, 2.05) is 18.7 Å². The van der Waals surface area contributed by atoms with Crippen LogP contribution in [0.15, 0.2) is 11.4 Å². The van der Waals surface area contributed by atoms with Gasteiger partial charge in [-0.15, -0.1) is 22.7 Å². The fourth-order valence-electron chi connectivity index (χ4n) is 2.55. The summed E-state index contributed by atoms with van der Waals surface area (Å²) in [6, 6.07) is 2.08. The number of hydrogen-bond donors (Lipinski definition) is 1. The van der Waals surface area contributed by atoms with Crippen LogP contribution in [0.1, 0.15) is 33.9 Å². The number of anilines is 1. The monoisotopic (exact) mass is 349 g/mol. The number of thiazole rings is 1. The molecule has 0 fully saturated rings. The van der Waals surface area contributed by atoms with Crippen molar-refractivity contribution in [2.45, 2.75) is 39.7 Å². The molecule has 0 unspecified atom stereocenters. The summed E-state index contributed by atoms with van der Waals surface area (Å²) in [6.07, 6.45) is 1.36. The lowest BCUT2D eigenvalue weighted by atomic mass is 10.1. The van der Waals surface area contributed by atoms with Gasteiger partial charge in [0.15, 0.2) is 5.13 Å². The summed E-state index contributed by atoms with van der Waals surface area (Å²) in [5, 5.41) is 5.46. The number of nitrogens with one attached hydrogen (secondary N) is 1. The van der Waals surface area contributed by atoms with Crippen molar-refractivity contribution in [2.24, 2.45) is 0 Å². The van der Waals surface area contributed by atoms with Gasteiger partial charge in [0, 0.05) is 35.7 Å². The lowest BCUT2D eigenvalue weighted by Crippen LogP contribution is -2.35. The summed E-state index contributed by atoms with van der Waals surface area (Å²) < 4.78 is 0. The minimum atomic E-state index is -0.152. The highest BCUT2D eigenvalue weighted by Gasteiger charge is 2.21. The van der Waals surface area contributed by atoms with Crippen LogP contribution in [0.5, 0.6) is 0 Å². The molecule has 3 rings (SSSR count). The van der Waals surface area contributed by atoms with Crippen molar-refractivity contribution in [3.63, 3.8) is 0 Å². The average molecular weight is 349 g/mol. The van der Waals surface area contributed by atoms with Crippen LogP contribution in [0, 0.1) is 13.8 Å². The van der Waals surface area contributed by atoms with E-state index in [1.165, 1.54) is 21.8 Å². The molecule has 122 valence electrons. The second-order valence-electron chi connectivity index (χ2n) is 5.64. The second kappa shape index (κ2) is 6.80. The molecule has 0 spiro atoms. The summed E-state index contributed by atoms with van der Waals surface area (Å²) in [7, 11) is 0. The van der Waals surface area contributed by atoms with Crippen LogP contribution in [0.2, 0.25) is 0 Å². The van der Waals surface area contributed by atoms with Crippen LogP contribution in [-0.4, -0.2) is 28.2 Å². The zero-order valence-electron chi connectivity index (χ0n) is 13.2. The summed E-state index contributed by atoms with van der Waals surface area (Å²) in [5.74, 6) is -0.108. The average Bonchev–Trinajstić information content (AvgIpc) is 3.11. The molecule has 1 N–H and O–H groups in total. The summed E-state index contributed by atoms with van der Waals surface area (Å²) in [5.41, 5.74) is 2.18. The largest absolute Gasteiger partial charge is 0.338 e. The Hall–Kier alpha value is -1.73. The highest BCUT2D eigenvalue weighted by atomic mass is 32.1. The molecule has 0 saturated heterocycles. The van der Waals surface area contributed by atoms with Crippen LogP contribution >= 0.6 is 22.7 Å². The van der Waals surface area contributed by atoms with Gasteiger partial charge < -0.3 is 10.2 Å². The van der Waals surface area contributed by atoms with Gasteiger partial charge in [-0.05, 0) is 37.3 Å². The summed E-state index contributed by atoms with van der Waals surface area (Å²) >= 11 is 3.21. The minimum absolute atomic E-state index is 0.0449. The first-order valence-corrected chi connectivity index (χ1v) is 9.29. The second-order valence-corrected chi connectivity index (χ2v) is 7.85. The third-order valence-electron chi connectivity index (χ3n) is 4.00. The fourth-order valence-corrected chi connectivity index (χ4v) is 4.27. The first-order valence-electron chi connectivity index (χ1n) is 7.60. The zero-order valence-corrected chi connectivity index (χ0v) is 14.9. The Morgan fingerprint density at radius 1 is 1.35 bits per heavy atom. The van der Waals surface area contributed by atoms with Gasteiger partial charge in [-0.1, -0.05) is 0 Å². The van der Waals surface area contributed by atoms with E-state index in [4.69, 9.17) is 0 Å². The first kappa shape index (κ1) is 16.1. The first-order chi connectivity index (χ1) is 11.0. The Kier molecular flexibility index (Phi) is 4.77. The van der Waals surface area contributed by atoms with E-state index >= 15 is 0 Å². The maximum atomic E-state index is 12.3. The molecule has 2 aromatic rings. The van der Waals surface area contributed by atoms with Crippen molar-refractivity contribution in [2.75, 3.05) is 11.9 Å². The van der Waals surface area contributed by atoms with Crippen molar-refractivity contribution >= 4 is 39.6 Å². The zero-order chi connectivity index (χ0) is 16.4. The SMILES string of the molecule is Cc1nc(NC(=O)CCC(=O)N2CCc3sccc3C2)sc1C. The van der Waals surface area contributed by atoms with E-state index in [9.17, 15) is 9.59 Å². The fraction of sp³-hybridized carbons (Fsp3) is 0.438. The van der Waals surface area contributed by atoms with Gasteiger partial charge in [-0.25, -0.2) is 4.98 Å². The van der Waals surface area contributed by atoms with E-state index < -0.39 is 0 Å². The van der Waals surface area contributed by atoms with E-state index in [2.05, 4.69) is 21.7 Å². The number of thiophene rings is 1. The number of aryl methyl sites for hydroxylation is 2. The van der Waals surface area contributed by atoms with Crippen molar-refractivity contribution in [3.05, 3.63) is 32.5 Å². The van der Waals surface area contributed by atoms with E-state index in [0.29, 0.717) is 11.7 Å². The molecule has 7 heteroatoms. The molecule has 0 aliphatic carbocycles. The molecule has 23 heavy (non-hydrogen) atoms. The van der Waals surface area contributed by atoms with Crippen LogP contribution in [-0.2, 0) is 22.6 Å². The maximum Gasteiger partial charge on any atom is 0.226 e. The molecule has 2 amide bonds. The third kappa shape index (κ3) is 3.79. The molecule has 0 bridgehead atoms. The van der Waals surface area contributed by atoms with Crippen molar-refractivity contribution in [1.82, 2.24) is 9.88 Å². The topological polar surface area (TPSA) is 62.3 Å². The Bertz CT molecular complexity index is 716. The minimum Gasteiger partial charge on any atom is -0.338 e. The summed E-state index contributed by atoms with van der Waals surface area (Å²) in [6.45, 7) is 5.31. The van der Waals surface area contributed by atoms with E-state index in [-0.39, 0.29) is 24.7 Å². The van der Waals surface area contributed by atoms with Crippen LogP contribution in [0.25, 0.3) is 0 Å². The van der Waals surface area contributed by atoms with Gasteiger partial charge in [-0.2, -0.15) is 0 Å². The molecule has 5 nitrogen and oxygen atoms in total. The van der Waals surface area contributed by atoms with Gasteiger partial charge in [-0.3, -0.25) is 9.59 Å². The molecular formula is C16H19N3O2S2. The molecule has 0 saturated carbocycles. The number of carbonyl (C=O) groups is 2. The number of rotatable bonds is 4. The Balaban J connectivity index is 1.48. The van der Waals surface area contributed by atoms with Crippen LogP contribution in [0.4, 0.5) is 5.13 Å². The van der Waals surface area contributed by atoms with Crippen molar-refractivity contribution in [3.8, 4) is 0 Å². The molecule has 3 heterocycles. The predicted octanol–water partition coefficient (Wildman–Crippen LogP) is 3.13. The standard InChI is InChI=1S/C16H19N3O2S2/c1-10-11(2)23-16(17-10)18-14(20)3-4-15(21)19-7-5-13-12(9-19)6-8-22-13/h6,8H,3-5,7,9H2,1-2H3,(H,17,18,20). The summed E-state index contributed by atoms with van der Waals surface area (Å²) in [4.78, 5) is 32.8. The molecule has 0 atom stereocenters. The molecule has 1 aliphatic rings. The van der Waals surface area contributed by atoms with Gasteiger partial charge >= 0.3 is 0 Å². The van der Waals surface area contributed by atoms with Crippen molar-refractivity contribution < 1.29 is 9.59 Å². The number of carbonyl (C=O) groups excluding carboxylic acids is 2. The highest BCUT2D eigenvalue weighted by molar-refractivity contribution is 7.15. The molecule has 2 aromatic heterocycles. The van der Waals surface area contributed by atoms with Crippen LogP contribution < -0.4 is 5.32 Å². The van der Waals surface area contributed by atoms with Gasteiger partial charge in [0.25, 0.3) is 0 Å². The molecule has 0 radical (unpaired) electrons. The predicted molar refractivity (Wildman–Crippen MR) is 92.9 cm³/mol. The normalized spacial score (nSPS) is 13.7. The van der Waals surface area contributed by atoms with Gasteiger partial charge in [0.1, 0.15) is 0 Å². The number of amides is 2. The highest BCUT2D eigenvalue weighted by Crippen LogP contribution is 2.25.